The third-order valence-electron chi connectivity index (χ3n) is 2.35. The number of nitrogens with zero attached hydrogens (tertiary/aromatic N) is 3. The molecule has 21 heavy (non-hydrogen) atoms. The Hall–Kier alpha value is -2.41. The highest BCUT2D eigenvalue weighted by atomic mass is 19.3. The zero-order valence-corrected chi connectivity index (χ0v) is 10.3. The van der Waals surface area contributed by atoms with E-state index in [1.54, 1.807) is 0 Å². The van der Waals surface area contributed by atoms with Gasteiger partial charge in [0.1, 0.15) is 30.7 Å². The van der Waals surface area contributed by atoms with Crippen molar-refractivity contribution in [1.82, 2.24) is 15.1 Å². The molecule has 0 atom stereocenters. The van der Waals surface area contributed by atoms with Gasteiger partial charge in [-0.05, 0) is 12.1 Å². The van der Waals surface area contributed by atoms with Crippen molar-refractivity contribution >= 4 is 0 Å². The Morgan fingerprint density at radius 3 is 2.81 bits per heavy atom. The second-order valence-electron chi connectivity index (χ2n) is 3.97. The van der Waals surface area contributed by atoms with Gasteiger partial charge in [-0.2, -0.15) is 19.0 Å². The maximum absolute atomic E-state index is 12.6. The number of aromatic nitrogens is 3. The van der Waals surface area contributed by atoms with Gasteiger partial charge in [0, 0.05) is 0 Å². The van der Waals surface area contributed by atoms with Gasteiger partial charge in [0.2, 0.25) is 0 Å². The second-order valence-corrected chi connectivity index (χ2v) is 3.97. The lowest BCUT2D eigenvalue weighted by Crippen LogP contribution is -2.32. The van der Waals surface area contributed by atoms with Crippen molar-refractivity contribution < 1.29 is 26.8 Å². The van der Waals surface area contributed by atoms with Crippen LogP contribution in [0.3, 0.4) is 0 Å². The molecular formula is C11H8F4N4O2. The number of halogens is 4. The number of alkyl halides is 4. The molecule has 0 aromatic carbocycles. The van der Waals surface area contributed by atoms with Gasteiger partial charge in [-0.15, -0.1) is 0 Å². The molecule has 0 saturated heterocycles. The Balaban J connectivity index is 1.93. The fourth-order valence-electron chi connectivity index (χ4n) is 1.35. The molecular weight excluding hydrogens is 296 g/mol. The summed E-state index contributed by atoms with van der Waals surface area (Å²) >= 11 is 0. The Morgan fingerprint density at radius 2 is 2.19 bits per heavy atom. The minimum atomic E-state index is -4.23. The smallest absolute Gasteiger partial charge is 0.330 e. The largest absolute Gasteiger partial charge is 0.367 e. The summed E-state index contributed by atoms with van der Waals surface area (Å²) in [6.45, 7) is -1.95. The Kier molecular flexibility index (Phi) is 4.23. The van der Waals surface area contributed by atoms with E-state index in [-0.39, 0.29) is 17.4 Å². The van der Waals surface area contributed by atoms with Crippen LogP contribution in [0, 0.1) is 11.3 Å². The summed E-state index contributed by atoms with van der Waals surface area (Å²) in [5, 5.41) is 12.1. The molecule has 1 N–H and O–H groups in total. The Labute approximate surface area is 115 Å². The maximum atomic E-state index is 12.6. The average Bonchev–Trinajstić information content (AvgIpc) is 3.06. The van der Waals surface area contributed by atoms with Crippen LogP contribution in [-0.4, -0.2) is 34.1 Å². The number of aromatic amines is 1. The lowest BCUT2D eigenvalue weighted by molar-refractivity contribution is -0.168. The lowest BCUT2D eigenvalue weighted by Gasteiger charge is -2.14. The normalized spacial score (nSPS) is 11.8. The Bertz CT molecular complexity index is 647. The molecule has 0 radical (unpaired) electrons. The molecule has 0 spiro atoms. The van der Waals surface area contributed by atoms with Gasteiger partial charge in [-0.3, -0.25) is 0 Å². The molecule has 0 aliphatic rings. The van der Waals surface area contributed by atoms with Crippen molar-refractivity contribution in [3.8, 4) is 17.7 Å². The third kappa shape index (κ3) is 3.57. The van der Waals surface area contributed by atoms with E-state index in [4.69, 9.17) is 9.78 Å². The molecule has 0 amide bonds. The first-order valence-electron chi connectivity index (χ1n) is 5.58. The van der Waals surface area contributed by atoms with E-state index in [0.29, 0.717) is 5.69 Å². The standard InChI is InChI=1S/C11H8F4N4O2/c12-10(13)11(14,15)5-20-4-8-18-9(21-19-8)7-2-1-6(3-16)17-7/h1-2,10,17H,4-5H2. The summed E-state index contributed by atoms with van der Waals surface area (Å²) in [5.74, 6) is -4.29. The molecule has 0 saturated carbocycles. The number of hydrogen-bond donors (Lipinski definition) is 1. The molecule has 0 aliphatic heterocycles. The molecule has 0 fully saturated rings. The number of ether oxygens (including phenoxy) is 1. The van der Waals surface area contributed by atoms with Crippen LogP contribution in [0.25, 0.3) is 11.6 Å². The van der Waals surface area contributed by atoms with Crippen LogP contribution in [0.15, 0.2) is 16.7 Å². The summed E-state index contributed by atoms with van der Waals surface area (Å²) in [7, 11) is 0. The highest BCUT2D eigenvalue weighted by molar-refractivity contribution is 5.49. The SMILES string of the molecule is N#Cc1ccc(-c2nc(COCC(F)(F)C(F)F)no2)[nH]1. The van der Waals surface area contributed by atoms with Gasteiger partial charge in [-0.25, -0.2) is 8.78 Å². The van der Waals surface area contributed by atoms with Gasteiger partial charge in [-0.1, -0.05) is 5.16 Å². The third-order valence-corrected chi connectivity index (χ3v) is 2.35. The molecule has 2 heterocycles. The van der Waals surface area contributed by atoms with Crippen LogP contribution in [-0.2, 0) is 11.3 Å². The summed E-state index contributed by atoms with van der Waals surface area (Å²) in [5.41, 5.74) is 0.640. The first-order valence-corrected chi connectivity index (χ1v) is 5.58. The molecule has 112 valence electrons. The van der Waals surface area contributed by atoms with E-state index in [1.165, 1.54) is 12.1 Å². The van der Waals surface area contributed by atoms with Gasteiger partial charge >= 0.3 is 12.3 Å². The topological polar surface area (TPSA) is 87.7 Å². The molecule has 2 rings (SSSR count). The van der Waals surface area contributed by atoms with Crippen molar-refractivity contribution in [1.29, 1.82) is 5.26 Å². The first-order chi connectivity index (χ1) is 9.92. The second kappa shape index (κ2) is 5.92. The monoisotopic (exact) mass is 304 g/mol. The van der Waals surface area contributed by atoms with Crippen LogP contribution in [0.5, 0.6) is 0 Å². The molecule has 2 aromatic heterocycles. The highest BCUT2D eigenvalue weighted by Crippen LogP contribution is 2.23. The van der Waals surface area contributed by atoms with Gasteiger partial charge in [0.25, 0.3) is 5.89 Å². The fourth-order valence-corrected chi connectivity index (χ4v) is 1.35. The van der Waals surface area contributed by atoms with Crippen molar-refractivity contribution in [2.75, 3.05) is 6.61 Å². The first kappa shape index (κ1) is 15.0. The molecule has 0 aliphatic carbocycles. The van der Waals surface area contributed by atoms with E-state index in [9.17, 15) is 17.6 Å². The summed E-state index contributed by atoms with van der Waals surface area (Å²) < 4.78 is 58.2. The highest BCUT2D eigenvalue weighted by Gasteiger charge is 2.41. The van der Waals surface area contributed by atoms with Gasteiger partial charge < -0.3 is 14.2 Å². The number of H-pyrrole nitrogens is 1. The molecule has 6 nitrogen and oxygen atoms in total. The summed E-state index contributed by atoms with van der Waals surface area (Å²) in [6, 6.07) is 4.86. The minimum absolute atomic E-state index is 0.0238. The van der Waals surface area contributed by atoms with E-state index < -0.39 is 25.6 Å². The number of nitriles is 1. The van der Waals surface area contributed by atoms with Crippen LogP contribution in [0.1, 0.15) is 11.5 Å². The van der Waals surface area contributed by atoms with Crippen molar-refractivity contribution in [3.63, 3.8) is 0 Å². The van der Waals surface area contributed by atoms with E-state index in [1.807, 2.05) is 6.07 Å². The van der Waals surface area contributed by atoms with Crippen molar-refractivity contribution in [3.05, 3.63) is 23.7 Å². The van der Waals surface area contributed by atoms with Crippen LogP contribution >= 0.6 is 0 Å². The van der Waals surface area contributed by atoms with E-state index in [2.05, 4.69) is 19.9 Å². The predicted molar refractivity (Wildman–Crippen MR) is 59.4 cm³/mol. The number of nitrogens with one attached hydrogen (secondary N) is 1. The fraction of sp³-hybridized carbons (Fsp3) is 0.364. The zero-order chi connectivity index (χ0) is 15.5. The molecule has 0 unspecified atom stereocenters. The van der Waals surface area contributed by atoms with Gasteiger partial charge in [0.15, 0.2) is 5.82 Å². The quantitative estimate of drug-likeness (QED) is 0.828. The van der Waals surface area contributed by atoms with Crippen LogP contribution in [0.2, 0.25) is 0 Å². The molecule has 2 aromatic rings. The summed E-state index contributed by atoms with van der Waals surface area (Å²) in [6.07, 6.45) is -3.80. The van der Waals surface area contributed by atoms with Crippen molar-refractivity contribution in [2.24, 2.45) is 0 Å². The minimum Gasteiger partial charge on any atom is -0.367 e. The van der Waals surface area contributed by atoms with Crippen LogP contribution < -0.4 is 0 Å². The van der Waals surface area contributed by atoms with Gasteiger partial charge in [0.05, 0.1) is 0 Å². The van der Waals surface area contributed by atoms with Crippen molar-refractivity contribution in [2.45, 2.75) is 19.0 Å². The summed E-state index contributed by atoms with van der Waals surface area (Å²) in [4.78, 5) is 6.49. The zero-order valence-electron chi connectivity index (χ0n) is 10.3. The maximum Gasteiger partial charge on any atom is 0.330 e. The van der Waals surface area contributed by atoms with E-state index in [0.717, 1.165) is 0 Å². The predicted octanol–water partition coefficient (Wildman–Crippen LogP) is 2.35. The molecule has 10 heteroatoms. The lowest BCUT2D eigenvalue weighted by atomic mass is 10.4. The molecule has 0 bridgehead atoms. The van der Waals surface area contributed by atoms with Crippen LogP contribution in [0.4, 0.5) is 17.6 Å². The number of rotatable bonds is 6. The van der Waals surface area contributed by atoms with E-state index >= 15 is 0 Å². The average molecular weight is 304 g/mol. The Morgan fingerprint density at radius 1 is 1.43 bits per heavy atom. The number of hydrogen-bond acceptors (Lipinski definition) is 5.